The predicted octanol–water partition coefficient (Wildman–Crippen LogP) is 5.49. The number of nitrogens with one attached hydrogen (secondary N) is 1. The molecule has 0 aliphatic carbocycles. The first-order valence-electron chi connectivity index (χ1n) is 11.1. The lowest BCUT2D eigenvalue weighted by atomic mass is 10.0. The van der Waals surface area contributed by atoms with E-state index in [2.05, 4.69) is 17.4 Å². The molecule has 2 aromatic carbocycles. The van der Waals surface area contributed by atoms with E-state index in [4.69, 9.17) is 16.0 Å². The van der Waals surface area contributed by atoms with Gasteiger partial charge in [-0.1, -0.05) is 54.1 Å². The second kappa shape index (κ2) is 10.9. The Morgan fingerprint density at radius 2 is 1.73 bits per heavy atom. The van der Waals surface area contributed by atoms with E-state index in [1.165, 1.54) is 6.26 Å². The van der Waals surface area contributed by atoms with Gasteiger partial charge in [0.1, 0.15) is 0 Å². The van der Waals surface area contributed by atoms with Crippen molar-refractivity contribution in [2.75, 3.05) is 18.8 Å². The highest BCUT2D eigenvalue weighted by molar-refractivity contribution is 8.00. The van der Waals surface area contributed by atoms with Crippen molar-refractivity contribution in [3.8, 4) is 0 Å². The van der Waals surface area contributed by atoms with Gasteiger partial charge in [0.25, 0.3) is 5.91 Å². The quantitative estimate of drug-likeness (QED) is 0.484. The molecule has 1 aromatic heterocycles. The summed E-state index contributed by atoms with van der Waals surface area (Å²) in [4.78, 5) is 27.2. The molecule has 0 bridgehead atoms. The zero-order chi connectivity index (χ0) is 23.2. The lowest BCUT2D eigenvalue weighted by molar-refractivity contribution is -0.129. The van der Waals surface area contributed by atoms with E-state index >= 15 is 0 Å². The van der Waals surface area contributed by atoms with Gasteiger partial charge in [0, 0.05) is 29.7 Å². The van der Waals surface area contributed by atoms with E-state index in [1.54, 1.807) is 17.8 Å². The van der Waals surface area contributed by atoms with Crippen LogP contribution >= 0.6 is 23.4 Å². The van der Waals surface area contributed by atoms with Crippen molar-refractivity contribution in [3.63, 3.8) is 0 Å². The van der Waals surface area contributed by atoms with Gasteiger partial charge < -0.3 is 14.6 Å². The molecule has 3 aromatic rings. The minimum absolute atomic E-state index is 0.0461. The standard InChI is InChI=1S/C26H27ClN2O3S/c1-18-13-16-32-24(18)26(31)28-22-11-14-29(15-12-22)23(30)17-33-25(19-5-3-2-4-6-19)20-7-9-21(27)10-8-20/h2-10,13,16,22,25H,11-12,14-15,17H2,1H3,(H,28,31). The Balaban J connectivity index is 1.32. The van der Waals surface area contributed by atoms with Crippen molar-refractivity contribution >= 4 is 35.2 Å². The smallest absolute Gasteiger partial charge is 0.287 e. The van der Waals surface area contributed by atoms with Gasteiger partial charge in [-0.25, -0.2) is 0 Å². The molecule has 1 atom stereocenters. The van der Waals surface area contributed by atoms with Crippen LogP contribution in [-0.2, 0) is 4.79 Å². The first-order valence-corrected chi connectivity index (χ1v) is 12.5. The van der Waals surface area contributed by atoms with Crippen LogP contribution in [-0.4, -0.2) is 41.6 Å². The lowest BCUT2D eigenvalue weighted by Crippen LogP contribution is -2.47. The summed E-state index contributed by atoms with van der Waals surface area (Å²) in [5, 5.41) is 3.79. The molecule has 2 amide bonds. The highest BCUT2D eigenvalue weighted by atomic mass is 35.5. The van der Waals surface area contributed by atoms with Gasteiger partial charge in [0.15, 0.2) is 5.76 Å². The lowest BCUT2D eigenvalue weighted by Gasteiger charge is -2.32. The van der Waals surface area contributed by atoms with Gasteiger partial charge >= 0.3 is 0 Å². The molecule has 33 heavy (non-hydrogen) atoms. The van der Waals surface area contributed by atoms with Crippen LogP contribution in [0.1, 0.15) is 45.3 Å². The Bertz CT molecular complexity index is 1080. The summed E-state index contributed by atoms with van der Waals surface area (Å²) in [5.41, 5.74) is 3.11. The minimum atomic E-state index is -0.188. The van der Waals surface area contributed by atoms with Gasteiger partial charge in [-0.2, -0.15) is 0 Å². The summed E-state index contributed by atoms with van der Waals surface area (Å²) in [7, 11) is 0. The second-order valence-corrected chi connectivity index (χ2v) is 9.74. The van der Waals surface area contributed by atoms with E-state index in [0.29, 0.717) is 29.6 Å². The van der Waals surface area contributed by atoms with Crippen LogP contribution in [0.25, 0.3) is 0 Å². The fourth-order valence-electron chi connectivity index (χ4n) is 4.03. The monoisotopic (exact) mass is 482 g/mol. The summed E-state index contributed by atoms with van der Waals surface area (Å²) in [6, 6.07) is 19.8. The maximum Gasteiger partial charge on any atom is 0.287 e. The van der Waals surface area contributed by atoms with Crippen LogP contribution in [0.5, 0.6) is 0 Å². The van der Waals surface area contributed by atoms with Crippen molar-refractivity contribution in [1.82, 2.24) is 10.2 Å². The molecule has 5 nitrogen and oxygen atoms in total. The highest BCUT2D eigenvalue weighted by Crippen LogP contribution is 2.36. The fourth-order valence-corrected chi connectivity index (χ4v) is 5.34. The van der Waals surface area contributed by atoms with E-state index in [1.807, 2.05) is 54.3 Å². The normalized spacial score (nSPS) is 15.3. The van der Waals surface area contributed by atoms with Crippen molar-refractivity contribution in [2.45, 2.75) is 31.1 Å². The zero-order valence-electron chi connectivity index (χ0n) is 18.5. The molecule has 1 fully saturated rings. The molecule has 0 spiro atoms. The summed E-state index contributed by atoms with van der Waals surface area (Å²) < 4.78 is 5.27. The number of halogens is 1. The summed E-state index contributed by atoms with van der Waals surface area (Å²) in [5.74, 6) is 0.692. The fraction of sp³-hybridized carbons (Fsp3) is 0.308. The molecule has 4 rings (SSSR count). The van der Waals surface area contributed by atoms with Crippen molar-refractivity contribution < 1.29 is 14.0 Å². The molecule has 1 aliphatic rings. The number of hydrogen-bond acceptors (Lipinski definition) is 4. The van der Waals surface area contributed by atoms with Gasteiger partial charge in [-0.3, -0.25) is 9.59 Å². The number of amides is 2. The topological polar surface area (TPSA) is 62.6 Å². The van der Waals surface area contributed by atoms with Gasteiger partial charge in [0.2, 0.25) is 5.91 Å². The van der Waals surface area contributed by atoms with E-state index in [9.17, 15) is 9.59 Å². The van der Waals surface area contributed by atoms with E-state index in [0.717, 1.165) is 29.5 Å². The molecular weight excluding hydrogens is 456 g/mol. The zero-order valence-corrected chi connectivity index (χ0v) is 20.1. The molecule has 7 heteroatoms. The van der Waals surface area contributed by atoms with Crippen LogP contribution in [0.2, 0.25) is 5.02 Å². The van der Waals surface area contributed by atoms with E-state index < -0.39 is 0 Å². The van der Waals surface area contributed by atoms with Crippen molar-refractivity contribution in [2.24, 2.45) is 0 Å². The van der Waals surface area contributed by atoms with Crippen LogP contribution in [0.3, 0.4) is 0 Å². The molecule has 1 N–H and O–H groups in total. The third-order valence-electron chi connectivity index (χ3n) is 5.90. The molecule has 0 saturated carbocycles. The SMILES string of the molecule is Cc1ccoc1C(=O)NC1CCN(C(=O)CSC(c2ccccc2)c2ccc(Cl)cc2)CC1. The summed E-state index contributed by atoms with van der Waals surface area (Å²) in [6.45, 7) is 3.13. The first-order chi connectivity index (χ1) is 16.0. The van der Waals surface area contributed by atoms with Crippen molar-refractivity contribution in [1.29, 1.82) is 0 Å². The number of benzene rings is 2. The average Bonchev–Trinajstić information content (AvgIpc) is 3.27. The number of thioether (sulfide) groups is 1. The Labute approximate surface area is 203 Å². The molecule has 1 unspecified atom stereocenters. The number of piperidine rings is 1. The van der Waals surface area contributed by atoms with Crippen LogP contribution in [0.15, 0.2) is 71.3 Å². The summed E-state index contributed by atoms with van der Waals surface area (Å²) in [6.07, 6.45) is 3.00. The Kier molecular flexibility index (Phi) is 7.78. The second-order valence-electron chi connectivity index (χ2n) is 8.21. The maximum absolute atomic E-state index is 13.0. The number of hydrogen-bond donors (Lipinski definition) is 1. The highest BCUT2D eigenvalue weighted by Gasteiger charge is 2.26. The molecular formula is C26H27ClN2O3S. The third kappa shape index (κ3) is 6.01. The molecule has 1 aliphatic heterocycles. The van der Waals surface area contributed by atoms with E-state index in [-0.39, 0.29) is 23.1 Å². The largest absolute Gasteiger partial charge is 0.459 e. The average molecular weight is 483 g/mol. The molecule has 2 heterocycles. The number of carbonyl (C=O) groups excluding carboxylic acids is 2. The first kappa shape index (κ1) is 23.5. The predicted molar refractivity (Wildman–Crippen MR) is 133 cm³/mol. The van der Waals surface area contributed by atoms with Gasteiger partial charge in [0.05, 0.1) is 17.3 Å². The van der Waals surface area contributed by atoms with Gasteiger partial charge in [-0.15, -0.1) is 11.8 Å². The maximum atomic E-state index is 13.0. The number of nitrogens with zero attached hydrogens (tertiary/aromatic N) is 1. The summed E-state index contributed by atoms with van der Waals surface area (Å²) >= 11 is 7.70. The Morgan fingerprint density at radius 1 is 1.06 bits per heavy atom. The van der Waals surface area contributed by atoms with Crippen molar-refractivity contribution in [3.05, 3.63) is 94.4 Å². The number of likely N-dealkylation sites (tertiary alicyclic amines) is 1. The minimum Gasteiger partial charge on any atom is -0.459 e. The number of carbonyl (C=O) groups is 2. The van der Waals surface area contributed by atoms with Gasteiger partial charge in [-0.05, 0) is 49.1 Å². The number of rotatable bonds is 7. The van der Waals surface area contributed by atoms with Crippen LogP contribution in [0, 0.1) is 6.92 Å². The molecule has 172 valence electrons. The third-order valence-corrected chi connectivity index (χ3v) is 7.44. The Morgan fingerprint density at radius 3 is 2.36 bits per heavy atom. The number of aryl methyl sites for hydroxylation is 1. The van der Waals surface area contributed by atoms with Crippen LogP contribution in [0.4, 0.5) is 0 Å². The Hall–Kier alpha value is -2.70. The van der Waals surface area contributed by atoms with Crippen LogP contribution < -0.4 is 5.32 Å². The molecule has 1 saturated heterocycles. The number of furan rings is 1. The molecule has 0 radical (unpaired) electrons.